The second-order valence-electron chi connectivity index (χ2n) is 6.95. The number of hydrogen-bond donors (Lipinski definition) is 0. The van der Waals surface area contributed by atoms with E-state index in [-0.39, 0.29) is 23.8 Å². The van der Waals surface area contributed by atoms with Gasteiger partial charge in [0.25, 0.3) is 11.6 Å². The molecule has 1 aromatic carbocycles. The summed E-state index contributed by atoms with van der Waals surface area (Å²) < 4.78 is 11.5. The van der Waals surface area contributed by atoms with Crippen LogP contribution in [0.4, 0.5) is 5.69 Å². The number of carbonyl (C=O) groups excluding carboxylic acids is 1. The van der Waals surface area contributed by atoms with Gasteiger partial charge < -0.3 is 14.1 Å². The van der Waals surface area contributed by atoms with Crippen LogP contribution in [0.2, 0.25) is 0 Å². The molecule has 0 spiro atoms. The Bertz CT molecular complexity index is 1020. The highest BCUT2D eigenvalue weighted by Gasteiger charge is 2.31. The van der Waals surface area contributed by atoms with Crippen molar-refractivity contribution >= 4 is 34.6 Å². The van der Waals surface area contributed by atoms with Crippen molar-refractivity contribution in [3.05, 3.63) is 57.2 Å². The Hall–Kier alpha value is -2.91. The van der Waals surface area contributed by atoms with Gasteiger partial charge in [0.15, 0.2) is 5.17 Å². The molecule has 0 radical (unpaired) electrons. The van der Waals surface area contributed by atoms with Crippen LogP contribution in [0.25, 0.3) is 17.4 Å². The van der Waals surface area contributed by atoms with Crippen molar-refractivity contribution in [1.29, 1.82) is 0 Å². The number of amidine groups is 1. The third-order valence-corrected chi connectivity index (χ3v) is 5.61. The highest BCUT2D eigenvalue weighted by atomic mass is 32.2. The lowest BCUT2D eigenvalue weighted by Gasteiger charge is -2.35. The van der Waals surface area contributed by atoms with Gasteiger partial charge in [0.2, 0.25) is 0 Å². The summed E-state index contributed by atoms with van der Waals surface area (Å²) >= 11 is 1.30. The zero-order chi connectivity index (χ0) is 20.5. The lowest BCUT2D eigenvalue weighted by molar-refractivity contribution is -0.384. The summed E-state index contributed by atoms with van der Waals surface area (Å²) in [4.78, 5) is 29.8. The largest absolute Gasteiger partial charge is 0.456 e. The van der Waals surface area contributed by atoms with Gasteiger partial charge in [-0.3, -0.25) is 14.9 Å². The van der Waals surface area contributed by atoms with E-state index in [1.54, 1.807) is 36.4 Å². The first-order valence-electron chi connectivity index (χ1n) is 9.17. The molecule has 0 saturated carbocycles. The van der Waals surface area contributed by atoms with Gasteiger partial charge in [0, 0.05) is 25.2 Å². The number of carbonyl (C=O) groups is 1. The van der Waals surface area contributed by atoms with Crippen LogP contribution < -0.4 is 0 Å². The molecule has 0 unspecified atom stereocenters. The first kappa shape index (κ1) is 19.4. The van der Waals surface area contributed by atoms with E-state index in [0.717, 1.165) is 0 Å². The molecule has 2 aliphatic rings. The molecule has 0 bridgehead atoms. The predicted octanol–water partition coefficient (Wildman–Crippen LogP) is 3.93. The highest BCUT2D eigenvalue weighted by Crippen LogP contribution is 2.34. The van der Waals surface area contributed by atoms with Crippen LogP contribution in [0, 0.1) is 10.1 Å². The van der Waals surface area contributed by atoms with Gasteiger partial charge in [-0.1, -0.05) is 12.1 Å². The Labute approximate surface area is 171 Å². The quantitative estimate of drug-likeness (QED) is 0.427. The van der Waals surface area contributed by atoms with Crippen LogP contribution in [-0.4, -0.2) is 46.2 Å². The minimum absolute atomic E-state index is 0.0338. The molecule has 9 heteroatoms. The number of amides is 1. The molecule has 8 nitrogen and oxygen atoms in total. The molecular formula is C20H19N3O5S. The molecule has 1 amide bonds. The molecule has 2 aromatic rings. The van der Waals surface area contributed by atoms with Crippen LogP contribution in [0.1, 0.15) is 19.6 Å². The van der Waals surface area contributed by atoms with Crippen molar-refractivity contribution in [1.82, 2.24) is 4.90 Å². The molecular weight excluding hydrogens is 394 g/mol. The zero-order valence-electron chi connectivity index (χ0n) is 15.9. The number of rotatable bonds is 3. The topological polar surface area (TPSA) is 98.2 Å². The van der Waals surface area contributed by atoms with E-state index < -0.39 is 4.92 Å². The summed E-state index contributed by atoms with van der Waals surface area (Å²) in [7, 11) is 0. The van der Waals surface area contributed by atoms with E-state index in [4.69, 9.17) is 9.15 Å². The summed E-state index contributed by atoms with van der Waals surface area (Å²) in [5.74, 6) is 0.492. The van der Waals surface area contributed by atoms with E-state index in [9.17, 15) is 14.9 Å². The molecule has 1 fully saturated rings. The number of morpholine rings is 1. The molecule has 4 rings (SSSR count). The number of furan rings is 1. The van der Waals surface area contributed by atoms with Crippen molar-refractivity contribution in [2.45, 2.75) is 26.1 Å². The van der Waals surface area contributed by atoms with Gasteiger partial charge in [0.1, 0.15) is 11.5 Å². The highest BCUT2D eigenvalue weighted by molar-refractivity contribution is 8.18. The smallest absolute Gasteiger partial charge is 0.286 e. The van der Waals surface area contributed by atoms with E-state index >= 15 is 0 Å². The lowest BCUT2D eigenvalue weighted by Crippen LogP contribution is -2.47. The fourth-order valence-corrected chi connectivity index (χ4v) is 4.32. The number of ether oxygens (including phenoxy) is 1. The van der Waals surface area contributed by atoms with Crippen LogP contribution in [0.5, 0.6) is 0 Å². The third kappa shape index (κ3) is 4.10. The van der Waals surface area contributed by atoms with E-state index in [2.05, 4.69) is 9.89 Å². The Morgan fingerprint density at radius 2 is 1.93 bits per heavy atom. The maximum Gasteiger partial charge on any atom is 0.286 e. The Kier molecular flexibility index (Phi) is 5.25. The van der Waals surface area contributed by atoms with Crippen molar-refractivity contribution in [3.8, 4) is 11.3 Å². The van der Waals surface area contributed by atoms with Gasteiger partial charge in [-0.05, 0) is 43.8 Å². The molecule has 2 aliphatic heterocycles. The van der Waals surface area contributed by atoms with Crippen LogP contribution >= 0.6 is 11.8 Å². The lowest BCUT2D eigenvalue weighted by atomic mass is 10.1. The van der Waals surface area contributed by atoms with Crippen molar-refractivity contribution in [2.24, 2.45) is 4.99 Å². The van der Waals surface area contributed by atoms with Crippen molar-refractivity contribution < 1.29 is 18.9 Å². The SMILES string of the molecule is C[C@H]1CN(C2=NC(=O)/C(=C\c3ccc(-c4ccccc4[N+](=O)[O-])o3)S2)C[C@H](C)O1. The molecule has 2 atom stereocenters. The fourth-order valence-electron chi connectivity index (χ4n) is 3.41. The minimum Gasteiger partial charge on any atom is -0.456 e. The second kappa shape index (κ2) is 7.84. The Morgan fingerprint density at radius 3 is 2.66 bits per heavy atom. The molecule has 150 valence electrons. The number of nitro benzene ring substituents is 1. The number of benzene rings is 1. The maximum atomic E-state index is 12.3. The summed E-state index contributed by atoms with van der Waals surface area (Å²) in [6, 6.07) is 9.72. The molecule has 0 N–H and O–H groups in total. The van der Waals surface area contributed by atoms with E-state index in [0.29, 0.717) is 40.2 Å². The van der Waals surface area contributed by atoms with Crippen LogP contribution in [-0.2, 0) is 9.53 Å². The molecule has 0 aliphatic carbocycles. The van der Waals surface area contributed by atoms with Crippen LogP contribution in [0.15, 0.2) is 50.7 Å². The predicted molar refractivity (Wildman–Crippen MR) is 110 cm³/mol. The molecule has 1 aromatic heterocycles. The summed E-state index contributed by atoms with van der Waals surface area (Å²) in [5.41, 5.74) is 0.356. The number of para-hydroxylation sites is 1. The Balaban J connectivity index is 1.53. The van der Waals surface area contributed by atoms with Crippen molar-refractivity contribution in [2.75, 3.05) is 13.1 Å². The molecule has 29 heavy (non-hydrogen) atoms. The summed E-state index contributed by atoms with van der Waals surface area (Å²) in [5, 5.41) is 11.9. The van der Waals surface area contributed by atoms with Gasteiger partial charge in [0.05, 0.1) is 27.6 Å². The third-order valence-electron chi connectivity index (χ3n) is 4.57. The maximum absolute atomic E-state index is 12.3. The summed E-state index contributed by atoms with van der Waals surface area (Å²) in [6.07, 6.45) is 1.76. The van der Waals surface area contributed by atoms with Gasteiger partial charge in [-0.15, -0.1) is 0 Å². The average Bonchev–Trinajstić information content (AvgIpc) is 3.28. The number of thioether (sulfide) groups is 1. The standard InChI is InChI=1S/C20H19N3O5S/c1-12-10-22(11-13(2)27-12)20-21-19(24)18(29-20)9-14-7-8-17(28-14)15-5-3-4-6-16(15)23(25)26/h3-9,12-13H,10-11H2,1-2H3/b18-9+/t12-,13-/m0/s1. The molecule has 1 saturated heterocycles. The van der Waals surface area contributed by atoms with E-state index in [1.807, 2.05) is 13.8 Å². The number of nitro groups is 1. The van der Waals surface area contributed by atoms with Crippen molar-refractivity contribution in [3.63, 3.8) is 0 Å². The normalized spacial score (nSPS) is 23.5. The molecule has 3 heterocycles. The first-order valence-corrected chi connectivity index (χ1v) is 9.99. The second-order valence-corrected chi connectivity index (χ2v) is 7.96. The van der Waals surface area contributed by atoms with Gasteiger partial charge >= 0.3 is 0 Å². The van der Waals surface area contributed by atoms with Crippen LogP contribution in [0.3, 0.4) is 0 Å². The number of hydrogen-bond acceptors (Lipinski definition) is 7. The first-order chi connectivity index (χ1) is 13.9. The Morgan fingerprint density at radius 1 is 1.21 bits per heavy atom. The van der Waals surface area contributed by atoms with Gasteiger partial charge in [-0.25, -0.2) is 0 Å². The minimum atomic E-state index is -0.448. The average molecular weight is 413 g/mol. The monoisotopic (exact) mass is 413 g/mol. The summed E-state index contributed by atoms with van der Waals surface area (Å²) in [6.45, 7) is 5.35. The van der Waals surface area contributed by atoms with E-state index in [1.165, 1.54) is 17.8 Å². The van der Waals surface area contributed by atoms with Gasteiger partial charge in [-0.2, -0.15) is 4.99 Å². The number of aliphatic imine (C=N–C) groups is 1. The zero-order valence-corrected chi connectivity index (χ0v) is 16.7. The number of nitrogens with zero attached hydrogens (tertiary/aromatic N) is 3. The fraction of sp³-hybridized carbons (Fsp3) is 0.300.